The summed E-state index contributed by atoms with van der Waals surface area (Å²) in [5.41, 5.74) is 7.05. The van der Waals surface area contributed by atoms with Crippen LogP contribution in [-0.2, 0) is 21.6 Å². The maximum absolute atomic E-state index is 12.5. The summed E-state index contributed by atoms with van der Waals surface area (Å²) in [6.07, 6.45) is 1.84. The highest BCUT2D eigenvalue weighted by molar-refractivity contribution is 7.90. The van der Waals surface area contributed by atoms with E-state index in [1.165, 1.54) is 4.31 Å². The van der Waals surface area contributed by atoms with E-state index in [1.54, 1.807) is 19.2 Å². The molecule has 1 aromatic carbocycles. The van der Waals surface area contributed by atoms with E-state index < -0.39 is 10.2 Å². The molecule has 0 amide bonds. The van der Waals surface area contributed by atoms with E-state index in [4.69, 9.17) is 10.5 Å². The molecule has 1 fully saturated rings. The van der Waals surface area contributed by atoms with Gasteiger partial charge in [0.1, 0.15) is 0 Å². The van der Waals surface area contributed by atoms with Crippen molar-refractivity contribution in [3.05, 3.63) is 29.8 Å². The molecule has 118 valence electrons. The lowest BCUT2D eigenvalue weighted by molar-refractivity contribution is 0.185. The quantitative estimate of drug-likeness (QED) is 0.825. The highest BCUT2D eigenvalue weighted by atomic mass is 32.2. The molecule has 1 aromatic rings. The van der Waals surface area contributed by atoms with Crippen LogP contribution in [0.4, 0.5) is 5.69 Å². The second-order valence-electron chi connectivity index (χ2n) is 5.30. The van der Waals surface area contributed by atoms with Gasteiger partial charge in [0.15, 0.2) is 0 Å². The van der Waals surface area contributed by atoms with Gasteiger partial charge in [-0.2, -0.15) is 12.7 Å². The van der Waals surface area contributed by atoms with Crippen LogP contribution in [0.3, 0.4) is 0 Å². The molecule has 1 atom stereocenters. The van der Waals surface area contributed by atoms with Crippen molar-refractivity contribution in [3.63, 3.8) is 0 Å². The third-order valence-electron chi connectivity index (χ3n) is 3.71. The van der Waals surface area contributed by atoms with Crippen LogP contribution in [0.2, 0.25) is 0 Å². The van der Waals surface area contributed by atoms with Gasteiger partial charge in [-0.3, -0.25) is 4.72 Å². The number of benzene rings is 1. The lowest BCUT2D eigenvalue weighted by Gasteiger charge is -2.31. The van der Waals surface area contributed by atoms with Gasteiger partial charge in [-0.05, 0) is 31.4 Å². The molecule has 2 rings (SSSR count). The average Bonchev–Trinajstić information content (AvgIpc) is 2.49. The summed E-state index contributed by atoms with van der Waals surface area (Å²) in [6, 6.07) is 7.25. The van der Waals surface area contributed by atoms with Gasteiger partial charge in [0.2, 0.25) is 0 Å². The van der Waals surface area contributed by atoms with Crippen LogP contribution in [0, 0.1) is 5.92 Å². The first-order valence-corrected chi connectivity index (χ1v) is 8.55. The number of hydrogen-bond acceptors (Lipinski definition) is 4. The number of methoxy groups -OCH3 is 1. The highest BCUT2D eigenvalue weighted by Crippen LogP contribution is 2.22. The smallest absolute Gasteiger partial charge is 0.301 e. The van der Waals surface area contributed by atoms with E-state index in [0.29, 0.717) is 31.9 Å². The number of nitrogens with one attached hydrogen (secondary N) is 1. The van der Waals surface area contributed by atoms with E-state index in [9.17, 15) is 8.42 Å². The number of rotatable bonds is 6. The molecule has 1 heterocycles. The monoisotopic (exact) mass is 313 g/mol. The Morgan fingerprint density at radius 1 is 1.43 bits per heavy atom. The fourth-order valence-electron chi connectivity index (χ4n) is 2.54. The fraction of sp³-hybridized carbons (Fsp3) is 0.571. The Morgan fingerprint density at radius 3 is 2.90 bits per heavy atom. The lowest BCUT2D eigenvalue weighted by atomic mass is 10.0. The van der Waals surface area contributed by atoms with Crippen molar-refractivity contribution in [1.29, 1.82) is 0 Å². The molecule has 0 radical (unpaired) electrons. The molecule has 0 bridgehead atoms. The molecule has 0 aromatic heterocycles. The predicted molar refractivity (Wildman–Crippen MR) is 83.0 cm³/mol. The molecule has 1 unspecified atom stereocenters. The van der Waals surface area contributed by atoms with Gasteiger partial charge in [-0.1, -0.05) is 18.2 Å². The average molecular weight is 313 g/mol. The molecule has 0 saturated carbocycles. The zero-order chi connectivity index (χ0) is 15.3. The molecule has 0 spiro atoms. The van der Waals surface area contributed by atoms with E-state index >= 15 is 0 Å². The van der Waals surface area contributed by atoms with Crippen LogP contribution in [0.5, 0.6) is 0 Å². The van der Waals surface area contributed by atoms with Crippen LogP contribution in [0.25, 0.3) is 0 Å². The second kappa shape index (κ2) is 7.22. The zero-order valence-corrected chi connectivity index (χ0v) is 13.1. The molecular weight excluding hydrogens is 290 g/mol. The van der Waals surface area contributed by atoms with Crippen LogP contribution < -0.4 is 10.5 Å². The summed E-state index contributed by atoms with van der Waals surface area (Å²) in [6.45, 7) is 1.91. The minimum Gasteiger partial charge on any atom is -0.380 e. The minimum atomic E-state index is -3.55. The number of para-hydroxylation sites is 1. The first-order valence-electron chi connectivity index (χ1n) is 7.11. The summed E-state index contributed by atoms with van der Waals surface area (Å²) < 4.78 is 34.3. The summed E-state index contributed by atoms with van der Waals surface area (Å²) in [4.78, 5) is 0. The van der Waals surface area contributed by atoms with Crippen molar-refractivity contribution in [2.24, 2.45) is 11.7 Å². The van der Waals surface area contributed by atoms with Crippen molar-refractivity contribution in [1.82, 2.24) is 4.31 Å². The standard InChI is InChI=1S/C14H23N3O3S/c1-20-11-13-6-2-3-7-14(13)16-21(18,19)17-8-4-5-12(9-15)10-17/h2-3,6-7,12,16H,4-5,8-11,15H2,1H3. The summed E-state index contributed by atoms with van der Waals surface area (Å²) in [5.74, 6) is 0.240. The fourth-order valence-corrected chi connectivity index (χ4v) is 3.92. The molecule has 1 aliphatic rings. The number of piperidine rings is 1. The Kier molecular flexibility index (Phi) is 5.58. The third kappa shape index (κ3) is 4.16. The highest BCUT2D eigenvalue weighted by Gasteiger charge is 2.28. The van der Waals surface area contributed by atoms with E-state index in [-0.39, 0.29) is 5.92 Å². The zero-order valence-electron chi connectivity index (χ0n) is 12.3. The maximum Gasteiger partial charge on any atom is 0.301 e. The van der Waals surface area contributed by atoms with Crippen molar-refractivity contribution >= 4 is 15.9 Å². The SMILES string of the molecule is COCc1ccccc1NS(=O)(=O)N1CCCC(CN)C1. The second-order valence-corrected chi connectivity index (χ2v) is 6.97. The van der Waals surface area contributed by atoms with Gasteiger partial charge in [-0.15, -0.1) is 0 Å². The number of nitrogens with zero attached hydrogens (tertiary/aromatic N) is 1. The largest absolute Gasteiger partial charge is 0.380 e. The van der Waals surface area contributed by atoms with E-state index in [0.717, 1.165) is 18.4 Å². The van der Waals surface area contributed by atoms with Gasteiger partial charge in [0.25, 0.3) is 0 Å². The van der Waals surface area contributed by atoms with E-state index in [2.05, 4.69) is 4.72 Å². The Balaban J connectivity index is 2.14. The summed E-state index contributed by atoms with van der Waals surface area (Å²) in [7, 11) is -1.96. The molecule has 1 saturated heterocycles. The van der Waals surface area contributed by atoms with Crippen LogP contribution in [0.15, 0.2) is 24.3 Å². The summed E-state index contributed by atoms with van der Waals surface area (Å²) >= 11 is 0. The number of anilines is 1. The predicted octanol–water partition coefficient (Wildman–Crippen LogP) is 1.16. The first kappa shape index (κ1) is 16.2. The molecule has 6 nitrogen and oxygen atoms in total. The molecule has 3 N–H and O–H groups in total. The number of ether oxygens (including phenoxy) is 1. The Bertz CT molecular complexity index is 562. The van der Waals surface area contributed by atoms with Gasteiger partial charge < -0.3 is 10.5 Å². The normalized spacial score (nSPS) is 20.4. The van der Waals surface area contributed by atoms with Crippen molar-refractivity contribution in [3.8, 4) is 0 Å². The van der Waals surface area contributed by atoms with Gasteiger partial charge >= 0.3 is 10.2 Å². The minimum absolute atomic E-state index is 0.240. The Labute approximate surface area is 126 Å². The van der Waals surface area contributed by atoms with Gasteiger partial charge in [0.05, 0.1) is 12.3 Å². The number of hydrogen-bond donors (Lipinski definition) is 2. The van der Waals surface area contributed by atoms with Crippen LogP contribution >= 0.6 is 0 Å². The lowest BCUT2D eigenvalue weighted by Crippen LogP contribution is -2.44. The van der Waals surface area contributed by atoms with Crippen molar-refractivity contribution in [2.75, 3.05) is 31.5 Å². The van der Waals surface area contributed by atoms with E-state index in [1.807, 2.05) is 12.1 Å². The van der Waals surface area contributed by atoms with Crippen molar-refractivity contribution < 1.29 is 13.2 Å². The molecule has 21 heavy (non-hydrogen) atoms. The molecule has 1 aliphatic heterocycles. The maximum atomic E-state index is 12.5. The van der Waals surface area contributed by atoms with Gasteiger partial charge in [0, 0.05) is 25.8 Å². The third-order valence-corrected chi connectivity index (χ3v) is 5.20. The molecule has 7 heteroatoms. The number of nitrogens with two attached hydrogens (primary N) is 1. The Hall–Kier alpha value is -1.15. The Morgan fingerprint density at radius 2 is 2.19 bits per heavy atom. The molecule has 0 aliphatic carbocycles. The summed E-state index contributed by atoms with van der Waals surface area (Å²) in [5, 5.41) is 0. The first-order chi connectivity index (χ1) is 10.1. The van der Waals surface area contributed by atoms with Gasteiger partial charge in [-0.25, -0.2) is 0 Å². The van der Waals surface area contributed by atoms with Crippen molar-refractivity contribution in [2.45, 2.75) is 19.4 Å². The topological polar surface area (TPSA) is 84.7 Å². The van der Waals surface area contributed by atoms with Crippen LogP contribution in [-0.4, -0.2) is 39.5 Å². The molecular formula is C14H23N3O3S. The van der Waals surface area contributed by atoms with Crippen LogP contribution in [0.1, 0.15) is 18.4 Å².